The molecule has 0 radical (unpaired) electrons. The van der Waals surface area contributed by atoms with Crippen LogP contribution in [0.4, 0.5) is 5.69 Å². The van der Waals surface area contributed by atoms with E-state index in [0.29, 0.717) is 6.67 Å². The molecule has 144 valence electrons. The van der Waals surface area contributed by atoms with Gasteiger partial charge in [0.15, 0.2) is 0 Å². The number of hydrogen-bond donors (Lipinski definition) is 1. The molecule has 6 heteroatoms. The lowest BCUT2D eigenvalue weighted by atomic mass is 10.2. The highest BCUT2D eigenvalue weighted by Crippen LogP contribution is 2.26. The number of hydrogen-bond acceptors (Lipinski definition) is 5. The van der Waals surface area contributed by atoms with Gasteiger partial charge in [0, 0.05) is 21.8 Å². The van der Waals surface area contributed by atoms with Crippen LogP contribution in [0.3, 0.4) is 0 Å². The van der Waals surface area contributed by atoms with Gasteiger partial charge in [-0.05, 0) is 61.4 Å². The normalized spacial score (nSPS) is 14.1. The average molecular weight is 413 g/mol. The molecule has 0 saturated heterocycles. The van der Waals surface area contributed by atoms with E-state index in [1.54, 1.807) is 18.3 Å². The molecular formula is C22H21ClN2O2S. The maximum atomic E-state index is 9.40. The van der Waals surface area contributed by atoms with Crippen LogP contribution in [0.1, 0.15) is 12.5 Å². The first kappa shape index (κ1) is 19.0. The molecule has 4 nitrogen and oxygen atoms in total. The highest BCUT2D eigenvalue weighted by Gasteiger charge is 2.12. The Bertz CT molecular complexity index is 1110. The van der Waals surface area contributed by atoms with E-state index >= 15 is 0 Å². The molecule has 0 unspecified atom stereocenters. The number of aliphatic hydroxyl groups is 1. The number of thiophene rings is 1. The first-order valence-electron chi connectivity index (χ1n) is 9.10. The van der Waals surface area contributed by atoms with Crippen LogP contribution < -0.4 is 19.5 Å². The van der Waals surface area contributed by atoms with Gasteiger partial charge in [0.2, 0.25) is 0 Å². The van der Waals surface area contributed by atoms with Crippen molar-refractivity contribution < 1.29 is 9.84 Å². The van der Waals surface area contributed by atoms with E-state index in [0.717, 1.165) is 37.5 Å². The summed E-state index contributed by atoms with van der Waals surface area (Å²) < 4.78 is 6.79. The van der Waals surface area contributed by atoms with Crippen LogP contribution in [0.2, 0.25) is 5.02 Å². The van der Waals surface area contributed by atoms with E-state index in [2.05, 4.69) is 23.2 Å². The van der Waals surface area contributed by atoms with Crippen molar-refractivity contribution >= 4 is 34.8 Å². The molecule has 28 heavy (non-hydrogen) atoms. The maximum absolute atomic E-state index is 9.40. The van der Waals surface area contributed by atoms with Gasteiger partial charge in [0.1, 0.15) is 19.0 Å². The Morgan fingerprint density at radius 2 is 2.00 bits per heavy atom. The molecule has 1 aliphatic heterocycles. The van der Waals surface area contributed by atoms with Crippen molar-refractivity contribution in [2.24, 2.45) is 4.99 Å². The Labute approximate surface area is 173 Å². The molecule has 0 amide bonds. The van der Waals surface area contributed by atoms with Crippen molar-refractivity contribution in [2.75, 3.05) is 18.2 Å². The van der Waals surface area contributed by atoms with Crippen molar-refractivity contribution in [2.45, 2.75) is 20.0 Å². The van der Waals surface area contributed by atoms with Gasteiger partial charge in [-0.2, -0.15) is 0 Å². The Morgan fingerprint density at radius 3 is 2.71 bits per heavy atom. The summed E-state index contributed by atoms with van der Waals surface area (Å²) in [6.45, 7) is 4.59. The number of anilines is 1. The van der Waals surface area contributed by atoms with E-state index in [4.69, 9.17) is 21.3 Å². The van der Waals surface area contributed by atoms with Crippen LogP contribution in [0, 0.1) is 6.92 Å². The standard InChI is InChI=1S/C22H21ClN2O2S/c1-14-9-18(7-8-20(14)27-12-15(2)26)25-11-22-19(24-13-25)10-21(28-22)16-3-5-17(23)6-4-16/h3-11,15,26H,12-13H2,1-2H3/t15-/m0/s1. The second-order valence-corrected chi connectivity index (χ2v) is 8.40. The van der Waals surface area contributed by atoms with Crippen molar-refractivity contribution in [3.8, 4) is 16.2 Å². The molecule has 0 spiro atoms. The first-order chi connectivity index (χ1) is 13.5. The lowest BCUT2D eigenvalue weighted by Gasteiger charge is -2.21. The molecule has 2 aromatic carbocycles. The number of aliphatic hydroxyl groups excluding tert-OH is 1. The summed E-state index contributed by atoms with van der Waals surface area (Å²) in [6, 6.07) is 16.1. The molecule has 4 rings (SSSR count). The van der Waals surface area contributed by atoms with E-state index in [1.807, 2.05) is 43.3 Å². The van der Waals surface area contributed by atoms with Gasteiger partial charge < -0.3 is 14.7 Å². The summed E-state index contributed by atoms with van der Waals surface area (Å²) in [5.74, 6) is 0.792. The van der Waals surface area contributed by atoms with E-state index in [9.17, 15) is 5.11 Å². The second kappa shape index (κ2) is 7.95. The predicted molar refractivity (Wildman–Crippen MR) is 116 cm³/mol. The molecule has 3 aromatic rings. The summed E-state index contributed by atoms with van der Waals surface area (Å²) in [5.41, 5.74) is 3.25. The van der Waals surface area contributed by atoms with Gasteiger partial charge >= 0.3 is 0 Å². The van der Waals surface area contributed by atoms with Crippen molar-refractivity contribution in [3.63, 3.8) is 0 Å². The highest BCUT2D eigenvalue weighted by atomic mass is 35.5. The van der Waals surface area contributed by atoms with Crippen LogP contribution in [-0.4, -0.2) is 24.5 Å². The van der Waals surface area contributed by atoms with Gasteiger partial charge in [-0.1, -0.05) is 23.7 Å². The zero-order chi connectivity index (χ0) is 19.7. The molecule has 1 aliphatic rings. The van der Waals surface area contributed by atoms with Gasteiger partial charge in [0.25, 0.3) is 0 Å². The molecule has 0 saturated carbocycles. The van der Waals surface area contributed by atoms with E-state index in [-0.39, 0.29) is 6.61 Å². The number of fused-ring (bicyclic) bond motifs is 1. The van der Waals surface area contributed by atoms with Gasteiger partial charge in [-0.15, -0.1) is 11.3 Å². The number of halogens is 1. The third kappa shape index (κ3) is 4.07. The van der Waals surface area contributed by atoms with Crippen LogP contribution in [-0.2, 0) is 0 Å². The highest BCUT2D eigenvalue weighted by molar-refractivity contribution is 7.13. The quantitative estimate of drug-likeness (QED) is 0.689. The number of benzene rings is 2. The maximum Gasteiger partial charge on any atom is 0.122 e. The fourth-order valence-electron chi connectivity index (χ4n) is 3.04. The van der Waals surface area contributed by atoms with Crippen LogP contribution in [0.15, 0.2) is 53.5 Å². The topological polar surface area (TPSA) is 45.1 Å². The Kier molecular flexibility index (Phi) is 5.40. The number of rotatable bonds is 5. The summed E-state index contributed by atoms with van der Waals surface area (Å²) in [5, 5.41) is 11.2. The predicted octanol–water partition coefficient (Wildman–Crippen LogP) is 3.97. The second-order valence-electron chi connectivity index (χ2n) is 6.88. The Morgan fingerprint density at radius 1 is 1.21 bits per heavy atom. The molecule has 1 N–H and O–H groups in total. The molecule has 0 bridgehead atoms. The van der Waals surface area contributed by atoms with Crippen LogP contribution >= 0.6 is 22.9 Å². The molecule has 1 aromatic heterocycles. The SMILES string of the molecule is Cc1cc(N2C=c3sc(-c4ccc(Cl)cc4)cc3=NC2)ccc1OC[C@H](C)O. The molecular weight excluding hydrogens is 392 g/mol. The average Bonchev–Trinajstić information content (AvgIpc) is 3.10. The van der Waals surface area contributed by atoms with E-state index < -0.39 is 6.10 Å². The third-order valence-electron chi connectivity index (χ3n) is 4.51. The number of aryl methyl sites for hydroxylation is 1. The molecule has 2 heterocycles. The van der Waals surface area contributed by atoms with Crippen molar-refractivity contribution in [3.05, 3.63) is 69.0 Å². The Balaban J connectivity index is 1.60. The summed E-state index contributed by atoms with van der Waals surface area (Å²) >= 11 is 7.72. The summed E-state index contributed by atoms with van der Waals surface area (Å²) in [4.78, 5) is 8.06. The lowest BCUT2D eigenvalue weighted by Crippen LogP contribution is -2.32. The van der Waals surface area contributed by atoms with Crippen LogP contribution in [0.5, 0.6) is 5.75 Å². The monoisotopic (exact) mass is 412 g/mol. The number of ether oxygens (including phenoxy) is 1. The van der Waals surface area contributed by atoms with Gasteiger partial charge in [0.05, 0.1) is 16.0 Å². The fourth-order valence-corrected chi connectivity index (χ4v) is 4.24. The zero-order valence-corrected chi connectivity index (χ0v) is 17.3. The van der Waals surface area contributed by atoms with Crippen LogP contribution in [0.25, 0.3) is 16.6 Å². The largest absolute Gasteiger partial charge is 0.491 e. The minimum atomic E-state index is -0.486. The van der Waals surface area contributed by atoms with Crippen molar-refractivity contribution in [1.29, 1.82) is 0 Å². The lowest BCUT2D eigenvalue weighted by molar-refractivity contribution is 0.122. The van der Waals surface area contributed by atoms with Crippen molar-refractivity contribution in [1.82, 2.24) is 0 Å². The summed E-state index contributed by atoms with van der Waals surface area (Å²) in [6.07, 6.45) is 1.66. The Hall–Kier alpha value is -2.34. The van der Waals surface area contributed by atoms with Gasteiger partial charge in [-0.25, -0.2) is 0 Å². The molecule has 1 atom stereocenters. The minimum Gasteiger partial charge on any atom is -0.491 e. The van der Waals surface area contributed by atoms with E-state index in [1.165, 1.54) is 4.88 Å². The number of nitrogens with zero attached hydrogens (tertiary/aromatic N) is 2. The minimum absolute atomic E-state index is 0.289. The summed E-state index contributed by atoms with van der Waals surface area (Å²) in [7, 11) is 0. The zero-order valence-electron chi connectivity index (χ0n) is 15.7. The molecule has 0 fully saturated rings. The fraction of sp³-hybridized carbons (Fsp3) is 0.227. The first-order valence-corrected chi connectivity index (χ1v) is 10.3. The molecule has 0 aliphatic carbocycles. The third-order valence-corrected chi connectivity index (χ3v) is 5.87. The smallest absolute Gasteiger partial charge is 0.122 e. The van der Waals surface area contributed by atoms with Gasteiger partial charge in [-0.3, -0.25) is 4.99 Å².